The van der Waals surface area contributed by atoms with Gasteiger partial charge in [-0.1, -0.05) is 18.6 Å². The molecule has 22 nitrogen and oxygen atoms in total. The van der Waals surface area contributed by atoms with Gasteiger partial charge in [-0.2, -0.15) is 4.98 Å². The van der Waals surface area contributed by atoms with Gasteiger partial charge in [0.05, 0.1) is 52.7 Å². The lowest BCUT2D eigenvalue weighted by atomic mass is 9.49. The Morgan fingerprint density at radius 1 is 1.00 bits per heavy atom. The van der Waals surface area contributed by atoms with E-state index in [9.17, 15) is 48.6 Å². The maximum atomic E-state index is 14.1. The number of aliphatic hydroxyl groups is 1. The van der Waals surface area contributed by atoms with Crippen LogP contribution >= 0.6 is 0 Å². The lowest BCUT2D eigenvalue weighted by Crippen LogP contribution is -2.68. The minimum atomic E-state index is -1.66. The Balaban J connectivity index is 0.976. The van der Waals surface area contributed by atoms with Crippen LogP contribution in [0.4, 0.5) is 11.6 Å². The number of aldehydes is 1. The number of fused-ring (bicyclic) bond motifs is 2. The number of rotatable bonds is 13. The molecule has 0 bridgehead atoms. The standard InChI is InChI=1S/C44H44N8O14/c1-19-9-10-43(31(56)11-19,18-63-20(2)54)42(4)34(64-21(3)55)30(14-29-33-44(29,42)66-33)65-40(62)26-13-28(39(60)61)27(12-23(26)17-53)37(58)52-51-36(57)22-5-7-24(8-6-22)46-15-25-16-47-35-32(48-25)38(59)50-41(45)49-35/h5-8,11-13,16-17,29-31,33-34,46,56H,9-10,14-15,18H2,1-4H3,(H,51,57)(H,52,58)(H,60,61)(H3,45,47,49,50,59)/t29?,30-,31+,33?,34+,42+,43+,44?/m0/s1. The number of hydrazine groups is 1. The van der Waals surface area contributed by atoms with Crippen LogP contribution in [0.15, 0.2) is 59.0 Å². The molecule has 4 aliphatic rings. The van der Waals surface area contributed by atoms with Gasteiger partial charge in [0.15, 0.2) is 17.5 Å². The highest BCUT2D eigenvalue weighted by atomic mass is 16.7. The average molecular weight is 909 g/mol. The van der Waals surface area contributed by atoms with Crippen LogP contribution in [0.5, 0.6) is 0 Å². The zero-order valence-electron chi connectivity index (χ0n) is 35.8. The first-order valence-corrected chi connectivity index (χ1v) is 20.7. The molecular formula is C44H44N8O14. The van der Waals surface area contributed by atoms with E-state index in [4.69, 9.17) is 24.7 Å². The summed E-state index contributed by atoms with van der Waals surface area (Å²) in [5.74, 6) is -6.43. The molecule has 3 aliphatic carbocycles. The van der Waals surface area contributed by atoms with Crippen LogP contribution in [0, 0.1) is 16.7 Å². The predicted molar refractivity (Wildman–Crippen MR) is 226 cm³/mol. The number of H-pyrrole nitrogens is 1. The van der Waals surface area contributed by atoms with E-state index in [0.29, 0.717) is 24.2 Å². The molecule has 3 heterocycles. The molecular weight excluding hydrogens is 865 g/mol. The SMILES string of the molecule is CC(=O)OC[C@]1([C@@]2(C)[C@H](OC(C)=O)[C@@H](OC(=O)c3cc(C(=O)O)c(C(=O)NNC(=O)c4ccc(NCc5cnc6nc(N)[nH]c(=O)c6n5)cc4)cc3C=O)CC3C4OC342)CCC(C)=C[C@H]1O. The maximum absolute atomic E-state index is 14.1. The number of nitrogens with two attached hydrogens (primary N) is 1. The van der Waals surface area contributed by atoms with E-state index in [-0.39, 0.29) is 60.6 Å². The summed E-state index contributed by atoms with van der Waals surface area (Å²) in [7, 11) is 0. The van der Waals surface area contributed by atoms with Crippen molar-refractivity contribution < 1.29 is 62.7 Å². The Morgan fingerprint density at radius 3 is 2.38 bits per heavy atom. The van der Waals surface area contributed by atoms with Crippen LogP contribution in [0.2, 0.25) is 0 Å². The number of nitrogens with one attached hydrogen (secondary N) is 4. The number of ether oxygens (including phenoxy) is 4. The van der Waals surface area contributed by atoms with Crippen molar-refractivity contribution in [2.75, 3.05) is 17.7 Å². The summed E-state index contributed by atoms with van der Waals surface area (Å²) in [5.41, 5.74) is 5.59. The normalized spacial score (nSPS) is 26.9. The van der Waals surface area contributed by atoms with Gasteiger partial charge in [0.2, 0.25) is 5.95 Å². The summed E-state index contributed by atoms with van der Waals surface area (Å²) < 4.78 is 23.7. The van der Waals surface area contributed by atoms with Gasteiger partial charge in [-0.3, -0.25) is 44.6 Å². The molecule has 8 atom stereocenters. The van der Waals surface area contributed by atoms with Crippen molar-refractivity contribution in [1.29, 1.82) is 0 Å². The van der Waals surface area contributed by atoms with Crippen molar-refractivity contribution in [3.8, 4) is 0 Å². The number of aromatic carboxylic acids is 1. The molecule has 8 rings (SSSR count). The number of aliphatic hydroxyl groups excluding tert-OH is 1. The van der Waals surface area contributed by atoms with Crippen LogP contribution in [0.3, 0.4) is 0 Å². The number of amides is 2. The second kappa shape index (κ2) is 16.8. The predicted octanol–water partition coefficient (Wildman–Crippen LogP) is 1.78. The van der Waals surface area contributed by atoms with Crippen LogP contribution < -0.4 is 27.5 Å². The molecule has 8 N–H and O–H groups in total. The van der Waals surface area contributed by atoms with E-state index in [0.717, 1.165) is 17.7 Å². The molecule has 2 saturated carbocycles. The fourth-order valence-electron chi connectivity index (χ4n) is 9.78. The van der Waals surface area contributed by atoms with Crippen LogP contribution in [-0.2, 0) is 35.1 Å². The van der Waals surface area contributed by atoms with E-state index >= 15 is 0 Å². The Kier molecular flexibility index (Phi) is 11.4. The van der Waals surface area contributed by atoms with Crippen molar-refractivity contribution in [2.45, 2.75) is 83.5 Å². The molecule has 1 saturated heterocycles. The maximum Gasteiger partial charge on any atom is 0.339 e. The zero-order chi connectivity index (χ0) is 47.5. The Labute approximate surface area is 373 Å². The number of hydrogen-bond acceptors (Lipinski definition) is 18. The topological polar surface area (TPSA) is 334 Å². The van der Waals surface area contributed by atoms with E-state index in [2.05, 4.69) is 36.1 Å². The molecule has 2 aromatic carbocycles. The highest BCUT2D eigenvalue weighted by molar-refractivity contribution is 6.10. The number of hydrogen-bond donors (Lipinski definition) is 7. The molecule has 22 heteroatoms. The fourth-order valence-corrected chi connectivity index (χ4v) is 9.78. The third-order valence-corrected chi connectivity index (χ3v) is 13.2. The van der Waals surface area contributed by atoms with Gasteiger partial charge in [0, 0.05) is 42.0 Å². The third kappa shape index (κ3) is 7.66. The first kappa shape index (κ1) is 45.0. The van der Waals surface area contributed by atoms with Crippen LogP contribution in [0.1, 0.15) is 104 Å². The fraction of sp³-hybridized carbons (Fsp3) is 0.386. The van der Waals surface area contributed by atoms with Gasteiger partial charge in [-0.25, -0.2) is 19.6 Å². The Hall–Kier alpha value is -7.59. The molecule has 2 aromatic heterocycles. The molecule has 1 aliphatic heterocycles. The highest BCUT2D eigenvalue weighted by Gasteiger charge is 2.95. The third-order valence-electron chi connectivity index (χ3n) is 13.2. The number of esters is 3. The number of carboxylic acids is 1. The first-order chi connectivity index (χ1) is 31.3. The number of allylic oxidation sites excluding steroid dienone is 1. The van der Waals surface area contributed by atoms with Gasteiger partial charge in [-0.05, 0) is 62.6 Å². The van der Waals surface area contributed by atoms with Gasteiger partial charge in [0.25, 0.3) is 17.4 Å². The van der Waals surface area contributed by atoms with Crippen molar-refractivity contribution in [1.82, 2.24) is 30.8 Å². The summed E-state index contributed by atoms with van der Waals surface area (Å²) in [6.07, 6.45) is 0.187. The van der Waals surface area contributed by atoms with Gasteiger partial charge >= 0.3 is 23.9 Å². The van der Waals surface area contributed by atoms with Gasteiger partial charge in [0.1, 0.15) is 24.4 Å². The summed E-state index contributed by atoms with van der Waals surface area (Å²) in [4.78, 5) is 117. The second-order valence-electron chi connectivity index (χ2n) is 17.0. The summed E-state index contributed by atoms with van der Waals surface area (Å²) in [5, 5.41) is 25.0. The Morgan fingerprint density at radius 2 is 1.73 bits per heavy atom. The van der Waals surface area contributed by atoms with Crippen molar-refractivity contribution >= 4 is 64.8 Å². The molecule has 0 radical (unpaired) electrons. The quantitative estimate of drug-likeness (QED) is 0.0251. The number of carbonyl (C=O) groups excluding carboxylic acids is 6. The monoisotopic (exact) mass is 908 g/mol. The van der Waals surface area contributed by atoms with Crippen molar-refractivity contribution in [2.24, 2.45) is 16.7 Å². The highest BCUT2D eigenvalue weighted by Crippen LogP contribution is 2.82. The molecule has 3 fully saturated rings. The average Bonchev–Trinajstić information content (AvgIpc) is 4.18. The lowest BCUT2D eigenvalue weighted by Gasteiger charge is -2.58. The van der Waals surface area contributed by atoms with Crippen LogP contribution in [-0.4, -0.2) is 109 Å². The summed E-state index contributed by atoms with van der Waals surface area (Å²) >= 11 is 0. The molecule has 66 heavy (non-hydrogen) atoms. The zero-order valence-corrected chi connectivity index (χ0v) is 35.8. The number of benzene rings is 2. The molecule has 3 unspecified atom stereocenters. The van der Waals surface area contributed by atoms with E-state index in [1.54, 1.807) is 25.1 Å². The number of nitrogen functional groups attached to an aromatic ring is 1. The number of anilines is 2. The molecule has 2 amide bonds. The van der Waals surface area contributed by atoms with Crippen molar-refractivity contribution in [3.63, 3.8) is 0 Å². The van der Waals surface area contributed by atoms with Crippen molar-refractivity contribution in [3.05, 3.63) is 98.1 Å². The largest absolute Gasteiger partial charge is 0.478 e. The van der Waals surface area contributed by atoms with E-state index in [1.807, 2.05) is 6.92 Å². The van der Waals surface area contributed by atoms with Gasteiger partial charge < -0.3 is 40.2 Å². The number of aromatic nitrogens is 4. The molecule has 1 spiro atoms. The van der Waals surface area contributed by atoms with E-state index < -0.39 is 98.2 Å². The number of nitrogens with zero attached hydrogens (tertiary/aromatic N) is 3. The molecule has 4 aromatic rings. The number of aromatic amines is 1. The van der Waals surface area contributed by atoms with E-state index in [1.165, 1.54) is 32.2 Å². The second-order valence-corrected chi connectivity index (χ2v) is 17.0. The lowest BCUT2D eigenvalue weighted by molar-refractivity contribution is -0.239. The van der Waals surface area contributed by atoms with Crippen LogP contribution in [0.25, 0.3) is 11.2 Å². The smallest absolute Gasteiger partial charge is 0.339 e. The number of epoxide rings is 1. The number of carbonyl (C=O) groups is 7. The Bertz CT molecular complexity index is 2830. The first-order valence-electron chi connectivity index (χ1n) is 20.7. The minimum absolute atomic E-state index is 0.00416. The van der Waals surface area contributed by atoms with Gasteiger partial charge in [-0.15, -0.1) is 0 Å². The number of carboxylic acid groups (broad SMARTS) is 1. The summed E-state index contributed by atoms with van der Waals surface area (Å²) in [6, 6.07) is 7.62. The minimum Gasteiger partial charge on any atom is -0.478 e. The summed E-state index contributed by atoms with van der Waals surface area (Å²) in [6.45, 7) is 5.87. The molecule has 344 valence electrons.